The largest absolute Gasteiger partial charge is 0.433 e. The Balaban J connectivity index is 1.83. The lowest BCUT2D eigenvalue weighted by Gasteiger charge is -2.36. The van der Waals surface area contributed by atoms with E-state index in [0.717, 1.165) is 18.3 Å². The minimum absolute atomic E-state index is 0.0153. The number of nitrogens with zero attached hydrogens (tertiary/aromatic N) is 3. The number of fused-ring (bicyclic) bond motifs is 2. The molecule has 0 bridgehead atoms. The third kappa shape index (κ3) is 4.93. The van der Waals surface area contributed by atoms with Crippen molar-refractivity contribution in [3.63, 3.8) is 0 Å². The maximum absolute atomic E-state index is 15.3. The van der Waals surface area contributed by atoms with Crippen molar-refractivity contribution in [1.29, 1.82) is 5.41 Å². The molecule has 37 heavy (non-hydrogen) atoms. The number of aromatic nitrogens is 2. The lowest BCUT2D eigenvalue weighted by atomic mass is 9.98. The molecule has 12 heteroatoms. The molecular weight excluding hydrogens is 492 g/mol. The van der Waals surface area contributed by atoms with E-state index in [1.807, 2.05) is 13.8 Å². The van der Waals surface area contributed by atoms with Crippen LogP contribution in [0.15, 0.2) is 24.3 Å². The molecule has 196 valence electrons. The van der Waals surface area contributed by atoms with E-state index in [0.29, 0.717) is 22.2 Å². The minimum Gasteiger partial charge on any atom is -0.385 e. The van der Waals surface area contributed by atoms with Crippen molar-refractivity contribution in [3.05, 3.63) is 58.2 Å². The molecule has 0 saturated carbocycles. The van der Waals surface area contributed by atoms with E-state index in [1.54, 1.807) is 7.05 Å². The highest BCUT2D eigenvalue weighted by Gasteiger charge is 2.37. The SMILES string of the molecule is CNc1c(N)nc2cc(F)c(C(=O)N(CC(C)C)[C@@H]3COCc4nc(C(F)(F)F)ccc43)cc2c1C=N. The zero-order valence-corrected chi connectivity index (χ0v) is 20.4. The Morgan fingerprint density at radius 1 is 1.32 bits per heavy atom. The molecule has 0 unspecified atom stereocenters. The number of rotatable bonds is 6. The van der Waals surface area contributed by atoms with Gasteiger partial charge in [-0.2, -0.15) is 13.2 Å². The van der Waals surface area contributed by atoms with E-state index >= 15 is 4.39 Å². The lowest BCUT2D eigenvalue weighted by molar-refractivity contribution is -0.141. The second kappa shape index (κ2) is 9.92. The number of amides is 1. The molecule has 4 N–H and O–H groups in total. The van der Waals surface area contributed by atoms with Gasteiger partial charge in [-0.15, -0.1) is 0 Å². The molecule has 1 aromatic carbocycles. The molecule has 3 aromatic rings. The lowest BCUT2D eigenvalue weighted by Crippen LogP contribution is -2.42. The fourth-order valence-corrected chi connectivity index (χ4v) is 4.51. The van der Waals surface area contributed by atoms with Gasteiger partial charge >= 0.3 is 6.18 Å². The zero-order chi connectivity index (χ0) is 27.1. The van der Waals surface area contributed by atoms with Gasteiger partial charge in [0.2, 0.25) is 0 Å². The number of nitrogens with one attached hydrogen (secondary N) is 2. The predicted molar refractivity (Wildman–Crippen MR) is 131 cm³/mol. The molecule has 2 aromatic heterocycles. The molecule has 0 fully saturated rings. The standard InChI is InChI=1S/C25H26F4N6O2/c1-12(2)9-35(20-11-37-10-19-13(20)4-5-21(33-19)25(27,28)29)24(36)15-6-14-16(8-30)22(32-3)23(31)34-18(14)7-17(15)26/h4-8,12,20,30,32H,9-11H2,1-3H3,(H2,31,34)/t20-/m1/s1. The molecule has 3 heterocycles. The second-order valence-corrected chi connectivity index (χ2v) is 9.14. The third-order valence-electron chi connectivity index (χ3n) is 6.14. The molecule has 4 rings (SSSR count). The maximum atomic E-state index is 15.3. The van der Waals surface area contributed by atoms with Gasteiger partial charge in [0, 0.05) is 42.4 Å². The van der Waals surface area contributed by atoms with Crippen LogP contribution in [0.5, 0.6) is 0 Å². The highest BCUT2D eigenvalue weighted by atomic mass is 19.4. The topological polar surface area (TPSA) is 117 Å². The number of ether oxygens (including phenoxy) is 1. The first-order valence-electron chi connectivity index (χ1n) is 11.5. The molecule has 0 spiro atoms. The Hall–Kier alpha value is -3.80. The maximum Gasteiger partial charge on any atom is 0.433 e. The van der Waals surface area contributed by atoms with E-state index < -0.39 is 29.6 Å². The summed E-state index contributed by atoms with van der Waals surface area (Å²) < 4.78 is 60.4. The average molecular weight is 519 g/mol. The zero-order valence-electron chi connectivity index (χ0n) is 20.4. The number of anilines is 2. The summed E-state index contributed by atoms with van der Waals surface area (Å²) in [5.41, 5.74) is 6.00. The highest BCUT2D eigenvalue weighted by molar-refractivity contribution is 6.08. The molecule has 1 amide bonds. The molecule has 1 aliphatic rings. The van der Waals surface area contributed by atoms with Gasteiger partial charge in [-0.25, -0.2) is 14.4 Å². The second-order valence-electron chi connectivity index (χ2n) is 9.14. The van der Waals surface area contributed by atoms with E-state index in [4.69, 9.17) is 15.9 Å². The summed E-state index contributed by atoms with van der Waals surface area (Å²) in [5.74, 6) is -1.48. The predicted octanol–water partition coefficient (Wildman–Crippen LogP) is 4.78. The van der Waals surface area contributed by atoms with Crippen molar-refractivity contribution in [2.75, 3.05) is 31.2 Å². The van der Waals surface area contributed by atoms with Crippen molar-refractivity contribution >= 4 is 34.5 Å². The van der Waals surface area contributed by atoms with Crippen molar-refractivity contribution in [3.8, 4) is 0 Å². The molecule has 8 nitrogen and oxygen atoms in total. The number of benzene rings is 1. The fraction of sp³-hybridized carbons (Fsp3) is 0.360. The summed E-state index contributed by atoms with van der Waals surface area (Å²) in [6.07, 6.45) is -3.58. The quantitative estimate of drug-likeness (QED) is 0.319. The average Bonchev–Trinajstić information content (AvgIpc) is 2.84. The molecule has 1 aliphatic heterocycles. The van der Waals surface area contributed by atoms with Gasteiger partial charge in [-0.1, -0.05) is 19.9 Å². The van der Waals surface area contributed by atoms with Crippen molar-refractivity contribution in [2.24, 2.45) is 5.92 Å². The number of pyridine rings is 2. The highest BCUT2D eigenvalue weighted by Crippen LogP contribution is 2.36. The number of carbonyl (C=O) groups excluding carboxylic acids is 1. The van der Waals surface area contributed by atoms with Crippen LogP contribution in [-0.4, -0.2) is 47.2 Å². The van der Waals surface area contributed by atoms with E-state index in [-0.39, 0.29) is 48.3 Å². The first-order chi connectivity index (χ1) is 17.5. The molecule has 0 radical (unpaired) electrons. The van der Waals surface area contributed by atoms with Crippen molar-refractivity contribution < 1.29 is 27.1 Å². The molecule has 0 aliphatic carbocycles. The fourth-order valence-electron chi connectivity index (χ4n) is 4.51. The van der Waals surface area contributed by atoms with Gasteiger partial charge in [0.05, 0.1) is 41.7 Å². The number of halogens is 4. The van der Waals surface area contributed by atoms with Gasteiger partial charge in [-0.05, 0) is 18.1 Å². The first-order valence-corrected chi connectivity index (χ1v) is 11.5. The first kappa shape index (κ1) is 26.3. The number of hydrogen-bond donors (Lipinski definition) is 3. The minimum atomic E-state index is -4.63. The van der Waals surface area contributed by atoms with Crippen LogP contribution < -0.4 is 11.1 Å². The summed E-state index contributed by atoms with van der Waals surface area (Å²) in [6, 6.07) is 3.81. The number of carbonyl (C=O) groups is 1. The van der Waals surface area contributed by atoms with Crippen LogP contribution in [0.2, 0.25) is 0 Å². The summed E-state index contributed by atoms with van der Waals surface area (Å²) in [5, 5.41) is 11.0. The van der Waals surface area contributed by atoms with Crippen LogP contribution >= 0.6 is 0 Å². The molecule has 1 atom stereocenters. The van der Waals surface area contributed by atoms with Crippen LogP contribution in [0.3, 0.4) is 0 Å². The Morgan fingerprint density at radius 2 is 2.05 bits per heavy atom. The van der Waals surface area contributed by atoms with E-state index in [2.05, 4.69) is 15.3 Å². The normalized spacial score (nSPS) is 15.5. The number of alkyl halides is 3. The Labute approximate surface area is 210 Å². The van der Waals surface area contributed by atoms with Crippen LogP contribution in [0.1, 0.15) is 52.8 Å². The van der Waals surface area contributed by atoms with Gasteiger partial charge in [0.15, 0.2) is 0 Å². The summed E-state index contributed by atoms with van der Waals surface area (Å²) >= 11 is 0. The monoisotopic (exact) mass is 518 g/mol. The Morgan fingerprint density at radius 3 is 2.68 bits per heavy atom. The molecular formula is C25H26F4N6O2. The number of nitrogen functional groups attached to an aromatic ring is 1. The van der Waals surface area contributed by atoms with Crippen LogP contribution in [-0.2, 0) is 17.5 Å². The van der Waals surface area contributed by atoms with E-state index in [1.165, 1.54) is 17.0 Å². The van der Waals surface area contributed by atoms with Gasteiger partial charge in [0.1, 0.15) is 17.3 Å². The summed E-state index contributed by atoms with van der Waals surface area (Å²) in [6.45, 7) is 3.80. The van der Waals surface area contributed by atoms with Gasteiger partial charge in [0.25, 0.3) is 5.91 Å². The third-order valence-corrected chi connectivity index (χ3v) is 6.14. The van der Waals surface area contributed by atoms with Crippen molar-refractivity contribution in [2.45, 2.75) is 32.7 Å². The number of hydrogen-bond acceptors (Lipinski definition) is 7. The van der Waals surface area contributed by atoms with Gasteiger partial charge in [-0.3, -0.25) is 4.79 Å². The molecule has 0 saturated heterocycles. The summed E-state index contributed by atoms with van der Waals surface area (Å²) in [7, 11) is 1.60. The Bertz CT molecular complexity index is 1380. The van der Waals surface area contributed by atoms with Crippen LogP contribution in [0, 0.1) is 17.1 Å². The van der Waals surface area contributed by atoms with Crippen molar-refractivity contribution in [1.82, 2.24) is 14.9 Å². The van der Waals surface area contributed by atoms with Gasteiger partial charge < -0.3 is 26.1 Å². The van der Waals surface area contributed by atoms with Crippen LogP contribution in [0.4, 0.5) is 29.1 Å². The van der Waals surface area contributed by atoms with E-state index in [9.17, 15) is 18.0 Å². The van der Waals surface area contributed by atoms with Crippen LogP contribution in [0.25, 0.3) is 10.9 Å². The number of nitrogens with two attached hydrogens (primary N) is 1. The Kier molecular flexibility index (Phi) is 7.05. The smallest absolute Gasteiger partial charge is 0.385 e. The summed E-state index contributed by atoms with van der Waals surface area (Å²) in [4.78, 5) is 23.1.